The maximum Gasteiger partial charge on any atom is 0.162 e. The fourth-order valence-electron chi connectivity index (χ4n) is 10.8. The van der Waals surface area contributed by atoms with E-state index < -0.39 is 0 Å². The molecule has 10 aromatic carbocycles. The third-order valence-electron chi connectivity index (χ3n) is 14.0. The van der Waals surface area contributed by atoms with Crippen molar-refractivity contribution in [3.05, 3.63) is 224 Å². The predicted molar refractivity (Wildman–Crippen MR) is 285 cm³/mol. The van der Waals surface area contributed by atoms with Crippen molar-refractivity contribution < 1.29 is 13.3 Å². The molecule has 15 rings (SSSR count). The molecule has 0 fully saturated rings. The molecule has 0 spiro atoms. The van der Waals surface area contributed by atoms with Crippen molar-refractivity contribution in [2.45, 2.75) is 0 Å². The third kappa shape index (κ3) is 5.87. The Kier molecular flexibility index (Phi) is 8.26. The van der Waals surface area contributed by atoms with Crippen LogP contribution in [0.2, 0.25) is 0 Å². The first kappa shape index (κ1) is 38.6. The van der Waals surface area contributed by atoms with Gasteiger partial charge < -0.3 is 13.3 Å². The highest BCUT2D eigenvalue weighted by molar-refractivity contribution is 6.17. The normalized spacial score (nSPS) is 12.0. The Bertz CT molecular complexity index is 4610. The quantitative estimate of drug-likeness (QED) is 0.166. The topological polar surface area (TPSA) is 70.1 Å². The van der Waals surface area contributed by atoms with Crippen LogP contribution in [0.25, 0.3) is 149 Å². The molecule has 0 saturated carbocycles. The van der Waals surface area contributed by atoms with Crippen LogP contribution >= 0.6 is 0 Å². The van der Waals surface area contributed by atoms with Crippen molar-refractivity contribution in [1.29, 1.82) is 0 Å². The Morgan fingerprint density at radius 3 is 1.51 bits per heavy atom. The second kappa shape index (κ2) is 15.0. The Balaban J connectivity index is 0.992. The summed E-state index contributed by atoms with van der Waals surface area (Å²) >= 11 is 0. The van der Waals surface area contributed by atoms with Gasteiger partial charge in [0.2, 0.25) is 0 Å². The van der Waals surface area contributed by atoms with Crippen LogP contribution in [0.5, 0.6) is 0 Å². The lowest BCUT2D eigenvalue weighted by molar-refractivity contribution is 0.669. The van der Waals surface area contributed by atoms with E-state index in [0.717, 1.165) is 144 Å². The molecule has 0 aliphatic rings. The monoisotopic (exact) mass is 895 g/mol. The van der Waals surface area contributed by atoms with Gasteiger partial charge in [-0.15, -0.1) is 0 Å². The molecule has 6 nitrogen and oxygen atoms in total. The van der Waals surface area contributed by atoms with Crippen molar-refractivity contribution in [1.82, 2.24) is 14.5 Å². The molecule has 5 heterocycles. The Hall–Kier alpha value is -9.52. The number of benzene rings is 10. The van der Waals surface area contributed by atoms with E-state index >= 15 is 0 Å². The van der Waals surface area contributed by atoms with Gasteiger partial charge in [0.25, 0.3) is 0 Å². The minimum absolute atomic E-state index is 0.624. The average Bonchev–Trinajstić information content (AvgIpc) is 4.20. The molecule has 0 amide bonds. The lowest BCUT2D eigenvalue weighted by atomic mass is 9.96. The van der Waals surface area contributed by atoms with E-state index in [1.165, 1.54) is 0 Å². The molecule has 6 heteroatoms. The first-order valence-electron chi connectivity index (χ1n) is 23.5. The molecule has 0 aliphatic heterocycles. The van der Waals surface area contributed by atoms with Gasteiger partial charge >= 0.3 is 0 Å². The molecular weight excluding hydrogens is 859 g/mol. The van der Waals surface area contributed by atoms with E-state index in [9.17, 15) is 0 Å². The van der Waals surface area contributed by atoms with Gasteiger partial charge in [0.15, 0.2) is 5.82 Å². The first-order chi connectivity index (χ1) is 34.7. The maximum atomic E-state index is 6.60. The highest BCUT2D eigenvalue weighted by Crippen LogP contribution is 2.44. The summed E-state index contributed by atoms with van der Waals surface area (Å²) in [7, 11) is 0. The second-order valence-electron chi connectivity index (χ2n) is 18.0. The minimum atomic E-state index is 0.624. The molecule has 5 aromatic heterocycles. The molecule has 0 aliphatic carbocycles. The molecule has 0 radical (unpaired) electrons. The Morgan fingerprint density at radius 1 is 0.300 bits per heavy atom. The largest absolute Gasteiger partial charge is 0.456 e. The SMILES string of the molecule is c1ccc(-c2nc(-c3ccc4c(c3)oc3ccccc34)cc(-n3c4ccc(-c5cccc6c5oc5ccccc56)cc4c4cccc(-c5cccc(-c6cccc7c6oc6ccccc67)c5)c43)n2)cc1. The molecular formula is C64H37N3O3. The Morgan fingerprint density at radius 2 is 0.814 bits per heavy atom. The number of para-hydroxylation sites is 6. The Labute approximate surface area is 399 Å². The van der Waals surface area contributed by atoms with Crippen LogP contribution in [0.4, 0.5) is 0 Å². The van der Waals surface area contributed by atoms with Crippen LogP contribution in [0.3, 0.4) is 0 Å². The van der Waals surface area contributed by atoms with Crippen LogP contribution < -0.4 is 0 Å². The van der Waals surface area contributed by atoms with Gasteiger partial charge in [0.1, 0.15) is 39.3 Å². The summed E-state index contributed by atoms with van der Waals surface area (Å²) in [4.78, 5) is 10.8. The lowest BCUT2D eigenvalue weighted by Crippen LogP contribution is -2.03. The zero-order valence-electron chi connectivity index (χ0n) is 37.4. The number of nitrogens with zero attached hydrogens (tertiary/aromatic N) is 3. The standard InChI is InChI=1S/C64H37N3O3/c1-2-14-38(15-3-1)64-65-54(42-30-32-49-46-18-4-7-27-56(46)68-59(49)36-42)37-60(66-64)67-55-33-31-41(45-23-13-26-52-48-20-6-9-29-58(48)70-63(45)52)35-53(55)50-24-11-21-43(61(50)67)39-16-10-17-40(34-39)44-22-12-25-51-47-19-5-8-28-57(47)69-62(44)51/h1-37H. The number of fused-ring (bicyclic) bond motifs is 12. The summed E-state index contributed by atoms with van der Waals surface area (Å²) in [5.41, 5.74) is 16.2. The lowest BCUT2D eigenvalue weighted by Gasteiger charge is -2.14. The fourth-order valence-corrected chi connectivity index (χ4v) is 10.8. The highest BCUT2D eigenvalue weighted by Gasteiger charge is 2.22. The van der Waals surface area contributed by atoms with E-state index in [1.54, 1.807) is 0 Å². The van der Waals surface area contributed by atoms with Gasteiger partial charge in [-0.05, 0) is 65.2 Å². The van der Waals surface area contributed by atoms with Gasteiger partial charge in [-0.1, -0.05) is 170 Å². The summed E-state index contributed by atoms with van der Waals surface area (Å²) in [6.07, 6.45) is 0. The third-order valence-corrected chi connectivity index (χ3v) is 14.0. The van der Waals surface area contributed by atoms with Crippen molar-refractivity contribution in [2.75, 3.05) is 0 Å². The first-order valence-corrected chi connectivity index (χ1v) is 23.5. The van der Waals surface area contributed by atoms with Crippen LogP contribution in [0.15, 0.2) is 238 Å². The van der Waals surface area contributed by atoms with Gasteiger partial charge in [0.05, 0.1) is 16.7 Å². The second-order valence-corrected chi connectivity index (χ2v) is 18.0. The van der Waals surface area contributed by atoms with Crippen molar-refractivity contribution in [3.8, 4) is 61.8 Å². The van der Waals surface area contributed by atoms with E-state index in [-0.39, 0.29) is 0 Å². The van der Waals surface area contributed by atoms with Crippen LogP contribution in [-0.4, -0.2) is 14.5 Å². The summed E-state index contributed by atoms with van der Waals surface area (Å²) in [5.74, 6) is 1.37. The molecule has 70 heavy (non-hydrogen) atoms. The number of hydrogen-bond donors (Lipinski definition) is 0. The molecule has 0 atom stereocenters. The van der Waals surface area contributed by atoms with Crippen molar-refractivity contribution >= 4 is 87.6 Å². The molecule has 15 aromatic rings. The fraction of sp³-hybridized carbons (Fsp3) is 0. The number of furan rings is 3. The smallest absolute Gasteiger partial charge is 0.162 e. The number of rotatable bonds is 6. The molecule has 0 N–H and O–H groups in total. The summed E-state index contributed by atoms with van der Waals surface area (Å²) in [5, 5.41) is 8.76. The zero-order valence-corrected chi connectivity index (χ0v) is 37.4. The minimum Gasteiger partial charge on any atom is -0.456 e. The zero-order chi connectivity index (χ0) is 45.9. The molecule has 0 unspecified atom stereocenters. The van der Waals surface area contributed by atoms with E-state index in [1.807, 2.05) is 60.7 Å². The molecule has 0 bridgehead atoms. The van der Waals surface area contributed by atoms with Gasteiger partial charge in [-0.3, -0.25) is 4.57 Å². The van der Waals surface area contributed by atoms with Crippen LogP contribution in [-0.2, 0) is 0 Å². The predicted octanol–water partition coefficient (Wildman–Crippen LogP) is 17.6. The number of hydrogen-bond acceptors (Lipinski definition) is 5. The summed E-state index contributed by atoms with van der Waals surface area (Å²) < 4.78 is 21.9. The van der Waals surface area contributed by atoms with Crippen molar-refractivity contribution in [3.63, 3.8) is 0 Å². The van der Waals surface area contributed by atoms with Crippen LogP contribution in [0, 0.1) is 0 Å². The van der Waals surface area contributed by atoms with Gasteiger partial charge in [-0.25, -0.2) is 9.97 Å². The molecule has 326 valence electrons. The average molecular weight is 896 g/mol. The molecule has 0 saturated heterocycles. The highest BCUT2D eigenvalue weighted by atomic mass is 16.3. The van der Waals surface area contributed by atoms with E-state index in [2.05, 4.69) is 168 Å². The maximum absolute atomic E-state index is 6.60. The summed E-state index contributed by atoms with van der Waals surface area (Å²) in [6.45, 7) is 0. The van der Waals surface area contributed by atoms with E-state index in [0.29, 0.717) is 5.82 Å². The van der Waals surface area contributed by atoms with Gasteiger partial charge in [-0.2, -0.15) is 0 Å². The van der Waals surface area contributed by atoms with E-state index in [4.69, 9.17) is 23.2 Å². The van der Waals surface area contributed by atoms with Gasteiger partial charge in [0, 0.05) is 77.0 Å². The van der Waals surface area contributed by atoms with Crippen molar-refractivity contribution in [2.24, 2.45) is 0 Å². The number of aromatic nitrogens is 3. The van der Waals surface area contributed by atoms with Crippen LogP contribution in [0.1, 0.15) is 0 Å². The summed E-state index contributed by atoms with van der Waals surface area (Å²) in [6, 6.07) is 78.5.